The van der Waals surface area contributed by atoms with Gasteiger partial charge in [0.05, 0.1) is 28.7 Å². The van der Waals surface area contributed by atoms with E-state index in [2.05, 4.69) is 10.6 Å². The first kappa shape index (κ1) is 22.2. The minimum atomic E-state index is -0.632. The molecule has 4 heterocycles. The highest BCUT2D eigenvalue weighted by Crippen LogP contribution is 2.41. The Balaban J connectivity index is 1.39. The molecule has 3 aromatic rings. The molecule has 5 rings (SSSR count). The number of nitrogens with zero attached hydrogens (tertiary/aromatic N) is 2. The summed E-state index contributed by atoms with van der Waals surface area (Å²) in [6.07, 6.45) is -0.430. The van der Waals surface area contributed by atoms with Crippen molar-refractivity contribution in [1.29, 1.82) is 0 Å². The number of hydrogen-bond acceptors (Lipinski definition) is 8. The zero-order valence-corrected chi connectivity index (χ0v) is 19.5. The number of carbonyl (C=O) groups excluding carboxylic acids is 2. The SMILES string of the molecule is CCOC(=O)N1CCc2c(sc3c2C(=O)NC(c2ccc(-c4cc([N+](=O)[O-])ccc4Cl)o2)N3)C1. The summed E-state index contributed by atoms with van der Waals surface area (Å²) in [5, 5.41) is 18.3. The summed E-state index contributed by atoms with van der Waals surface area (Å²) in [7, 11) is 0. The molecule has 2 aliphatic rings. The molecule has 0 spiro atoms. The highest BCUT2D eigenvalue weighted by Gasteiger charge is 2.35. The maximum atomic E-state index is 13.0. The molecule has 2 N–H and O–H groups in total. The van der Waals surface area contributed by atoms with Gasteiger partial charge in [-0.25, -0.2) is 4.79 Å². The molecular weight excluding hydrogens is 484 g/mol. The standard InChI is InChI=1S/C22H19ClN4O6S/c1-2-32-22(29)26-8-7-12-17(10-26)34-21-18(12)20(28)24-19(25-21)16-6-5-15(33-16)13-9-11(27(30)31)3-4-14(13)23/h3-6,9,19,25H,2,7-8,10H2,1H3,(H,24,28). The van der Waals surface area contributed by atoms with Gasteiger partial charge in [0.2, 0.25) is 0 Å². The Morgan fingerprint density at radius 3 is 2.94 bits per heavy atom. The number of amides is 2. The van der Waals surface area contributed by atoms with E-state index in [1.54, 1.807) is 24.0 Å². The first-order valence-electron chi connectivity index (χ1n) is 10.5. The maximum Gasteiger partial charge on any atom is 0.410 e. The molecule has 0 saturated carbocycles. The summed E-state index contributed by atoms with van der Waals surface area (Å²) in [5.74, 6) is 0.546. The third-order valence-electron chi connectivity index (χ3n) is 5.70. The van der Waals surface area contributed by atoms with Crippen LogP contribution in [-0.2, 0) is 17.7 Å². The number of ether oxygens (including phenoxy) is 1. The van der Waals surface area contributed by atoms with Gasteiger partial charge in [0.1, 0.15) is 16.5 Å². The van der Waals surface area contributed by atoms with Crippen LogP contribution in [0.4, 0.5) is 15.5 Å². The lowest BCUT2D eigenvalue weighted by molar-refractivity contribution is -0.384. The molecule has 2 aromatic heterocycles. The number of halogens is 1. The molecule has 0 fully saturated rings. The number of hydrogen-bond donors (Lipinski definition) is 2. The van der Waals surface area contributed by atoms with Crippen molar-refractivity contribution in [3.63, 3.8) is 0 Å². The van der Waals surface area contributed by atoms with Crippen molar-refractivity contribution in [3.05, 3.63) is 67.2 Å². The number of anilines is 1. The van der Waals surface area contributed by atoms with E-state index in [-0.39, 0.29) is 17.7 Å². The Bertz CT molecular complexity index is 1320. The fourth-order valence-corrected chi connectivity index (χ4v) is 5.60. The van der Waals surface area contributed by atoms with Crippen LogP contribution in [0.15, 0.2) is 34.7 Å². The van der Waals surface area contributed by atoms with Gasteiger partial charge in [0.25, 0.3) is 11.6 Å². The number of nitro groups is 1. The number of fused-ring (bicyclic) bond motifs is 3. The van der Waals surface area contributed by atoms with Crippen LogP contribution in [0.3, 0.4) is 0 Å². The van der Waals surface area contributed by atoms with E-state index in [9.17, 15) is 19.7 Å². The van der Waals surface area contributed by atoms with Gasteiger partial charge in [-0.3, -0.25) is 14.9 Å². The summed E-state index contributed by atoms with van der Waals surface area (Å²) in [6.45, 7) is 2.94. The summed E-state index contributed by atoms with van der Waals surface area (Å²) in [6, 6.07) is 7.45. The summed E-state index contributed by atoms with van der Waals surface area (Å²) in [4.78, 5) is 38.3. The number of thiophene rings is 1. The van der Waals surface area contributed by atoms with Crippen LogP contribution < -0.4 is 10.6 Å². The molecule has 1 atom stereocenters. The fraction of sp³-hybridized carbons (Fsp3) is 0.273. The average Bonchev–Trinajstić information content (AvgIpc) is 3.44. The molecule has 0 saturated heterocycles. The lowest BCUT2D eigenvalue weighted by Gasteiger charge is -2.27. The van der Waals surface area contributed by atoms with Crippen LogP contribution in [0.25, 0.3) is 11.3 Å². The number of rotatable bonds is 4. The zero-order valence-electron chi connectivity index (χ0n) is 17.9. The van der Waals surface area contributed by atoms with Crippen LogP contribution >= 0.6 is 22.9 Å². The van der Waals surface area contributed by atoms with E-state index < -0.39 is 11.1 Å². The molecule has 1 unspecified atom stereocenters. The number of furan rings is 1. The van der Waals surface area contributed by atoms with Gasteiger partial charge in [-0.1, -0.05) is 11.6 Å². The quantitative estimate of drug-likeness (QED) is 0.382. The highest BCUT2D eigenvalue weighted by atomic mass is 35.5. The Kier molecular flexibility index (Phi) is 5.66. The van der Waals surface area contributed by atoms with Crippen molar-refractivity contribution in [2.75, 3.05) is 18.5 Å². The molecule has 0 aliphatic carbocycles. The first-order chi connectivity index (χ1) is 16.4. The van der Waals surface area contributed by atoms with Crippen molar-refractivity contribution in [3.8, 4) is 11.3 Å². The number of non-ortho nitro benzene ring substituents is 1. The topological polar surface area (TPSA) is 127 Å². The van der Waals surface area contributed by atoms with Crippen LogP contribution in [-0.4, -0.2) is 35.0 Å². The third kappa shape index (κ3) is 3.86. The van der Waals surface area contributed by atoms with Gasteiger partial charge in [0.15, 0.2) is 6.17 Å². The van der Waals surface area contributed by atoms with Gasteiger partial charge in [-0.15, -0.1) is 11.3 Å². The second kappa shape index (κ2) is 8.65. The predicted molar refractivity (Wildman–Crippen MR) is 125 cm³/mol. The largest absolute Gasteiger partial charge is 0.457 e. The van der Waals surface area contributed by atoms with E-state index in [1.165, 1.54) is 29.5 Å². The Labute approximate surface area is 202 Å². The molecule has 176 valence electrons. The second-order valence-electron chi connectivity index (χ2n) is 7.75. The lowest BCUT2D eigenvalue weighted by atomic mass is 10.0. The molecule has 1 aromatic carbocycles. The Morgan fingerprint density at radius 2 is 2.18 bits per heavy atom. The second-order valence-corrected chi connectivity index (χ2v) is 9.26. The fourth-order valence-electron chi connectivity index (χ4n) is 4.10. The predicted octanol–water partition coefficient (Wildman–Crippen LogP) is 4.94. The third-order valence-corrected chi connectivity index (χ3v) is 7.18. The molecule has 0 bridgehead atoms. The van der Waals surface area contributed by atoms with Crippen LogP contribution in [0, 0.1) is 10.1 Å². The van der Waals surface area contributed by atoms with Gasteiger partial charge < -0.3 is 24.7 Å². The van der Waals surface area contributed by atoms with E-state index in [1.807, 2.05) is 0 Å². The lowest BCUT2D eigenvalue weighted by Crippen LogP contribution is -2.39. The molecule has 12 heteroatoms. The minimum Gasteiger partial charge on any atom is -0.457 e. The Hall–Kier alpha value is -3.57. The molecular formula is C22H19ClN4O6S. The molecule has 10 nitrogen and oxygen atoms in total. The van der Waals surface area contributed by atoms with Crippen LogP contribution in [0.1, 0.15) is 39.6 Å². The van der Waals surface area contributed by atoms with E-state index in [0.717, 1.165) is 10.4 Å². The molecule has 2 amide bonds. The van der Waals surface area contributed by atoms with Crippen LogP contribution in [0.2, 0.25) is 5.02 Å². The highest BCUT2D eigenvalue weighted by molar-refractivity contribution is 7.16. The normalized spacial score (nSPS) is 16.8. The number of nitrogens with one attached hydrogen (secondary N) is 2. The van der Waals surface area contributed by atoms with Crippen molar-refractivity contribution < 1.29 is 23.7 Å². The first-order valence-corrected chi connectivity index (χ1v) is 11.7. The number of nitro benzene ring substituents is 1. The van der Waals surface area contributed by atoms with Gasteiger partial charge in [-0.05, 0) is 37.1 Å². The van der Waals surface area contributed by atoms with Crippen molar-refractivity contribution >= 4 is 45.6 Å². The minimum absolute atomic E-state index is 0.105. The zero-order chi connectivity index (χ0) is 24.0. The average molecular weight is 503 g/mol. The Morgan fingerprint density at radius 1 is 1.35 bits per heavy atom. The van der Waals surface area contributed by atoms with Crippen molar-refractivity contribution in [2.24, 2.45) is 0 Å². The summed E-state index contributed by atoms with van der Waals surface area (Å²) in [5.41, 5.74) is 1.81. The van der Waals surface area contributed by atoms with Gasteiger partial charge in [-0.2, -0.15) is 0 Å². The van der Waals surface area contributed by atoms with E-state index in [0.29, 0.717) is 58.8 Å². The van der Waals surface area contributed by atoms with E-state index >= 15 is 0 Å². The van der Waals surface area contributed by atoms with Gasteiger partial charge >= 0.3 is 6.09 Å². The van der Waals surface area contributed by atoms with Crippen LogP contribution in [0.5, 0.6) is 0 Å². The summed E-state index contributed by atoms with van der Waals surface area (Å²) >= 11 is 7.66. The van der Waals surface area contributed by atoms with Gasteiger partial charge in [0, 0.05) is 29.1 Å². The van der Waals surface area contributed by atoms with Crippen molar-refractivity contribution in [2.45, 2.75) is 26.1 Å². The number of benzene rings is 1. The maximum absolute atomic E-state index is 13.0. The molecule has 0 radical (unpaired) electrons. The van der Waals surface area contributed by atoms with E-state index in [4.69, 9.17) is 20.8 Å². The molecule has 2 aliphatic heterocycles. The smallest absolute Gasteiger partial charge is 0.410 e. The number of carbonyl (C=O) groups is 2. The van der Waals surface area contributed by atoms with Crippen molar-refractivity contribution in [1.82, 2.24) is 10.2 Å². The summed E-state index contributed by atoms with van der Waals surface area (Å²) < 4.78 is 11.0. The molecule has 34 heavy (non-hydrogen) atoms. The monoisotopic (exact) mass is 502 g/mol.